The van der Waals surface area contributed by atoms with E-state index in [-0.39, 0.29) is 31.4 Å². The van der Waals surface area contributed by atoms with Crippen LogP contribution in [0.25, 0.3) is 0 Å². The number of carbonyl (C=O) groups excluding carboxylic acids is 1. The molecule has 3 rings (SSSR count). The molecule has 1 fully saturated rings. The predicted octanol–water partition coefficient (Wildman–Crippen LogP) is 1.79. The third-order valence-electron chi connectivity index (χ3n) is 3.94. The summed E-state index contributed by atoms with van der Waals surface area (Å²) in [5.74, 6) is 0.313. The monoisotopic (exact) mass is 361 g/mol. The van der Waals surface area contributed by atoms with E-state index in [1.807, 2.05) is 12.1 Å². The summed E-state index contributed by atoms with van der Waals surface area (Å²) in [6.07, 6.45) is -1.02. The van der Waals surface area contributed by atoms with E-state index in [1.165, 1.54) is 4.90 Å². The number of furan rings is 1. The number of benzene rings is 1. The molecule has 1 saturated heterocycles. The summed E-state index contributed by atoms with van der Waals surface area (Å²) in [5.41, 5.74) is 0. The molecule has 1 N–H and O–H groups in total. The van der Waals surface area contributed by atoms with Crippen LogP contribution in [0.5, 0.6) is 11.5 Å². The van der Waals surface area contributed by atoms with Crippen LogP contribution in [-0.4, -0.2) is 54.8 Å². The van der Waals surface area contributed by atoms with Crippen molar-refractivity contribution in [1.82, 2.24) is 4.90 Å². The minimum atomic E-state index is -1.09. The van der Waals surface area contributed by atoms with E-state index in [0.29, 0.717) is 23.8 Å². The maximum absolute atomic E-state index is 12.5. The highest BCUT2D eigenvalue weighted by Gasteiger charge is 2.30. The number of morpholine rings is 1. The lowest BCUT2D eigenvalue weighted by molar-refractivity contribution is -0.154. The van der Waals surface area contributed by atoms with E-state index < -0.39 is 12.1 Å². The van der Waals surface area contributed by atoms with Crippen molar-refractivity contribution in [3.8, 4) is 11.5 Å². The molecule has 1 amide bonds. The fourth-order valence-electron chi connectivity index (χ4n) is 2.60. The number of methoxy groups -OCH3 is 1. The van der Waals surface area contributed by atoms with Gasteiger partial charge in [0.15, 0.2) is 23.4 Å². The number of rotatable bonds is 6. The number of carboxylic acids is 1. The molecule has 0 bridgehead atoms. The van der Waals surface area contributed by atoms with Gasteiger partial charge in [-0.25, -0.2) is 4.79 Å². The molecule has 1 aromatic heterocycles. The molecule has 0 saturated carbocycles. The van der Waals surface area contributed by atoms with Crippen LogP contribution in [-0.2, 0) is 16.1 Å². The maximum Gasteiger partial charge on any atom is 0.334 e. The Balaban J connectivity index is 1.62. The Morgan fingerprint density at radius 3 is 2.73 bits per heavy atom. The van der Waals surface area contributed by atoms with Crippen molar-refractivity contribution in [2.24, 2.45) is 0 Å². The minimum Gasteiger partial charge on any atom is -0.493 e. The molecule has 1 atom stereocenters. The number of hydrogen-bond donors (Lipinski definition) is 1. The zero-order chi connectivity index (χ0) is 18.5. The topological polar surface area (TPSA) is 98.4 Å². The van der Waals surface area contributed by atoms with Gasteiger partial charge in [0.05, 0.1) is 20.3 Å². The fraction of sp³-hybridized carbons (Fsp3) is 0.333. The van der Waals surface area contributed by atoms with Crippen LogP contribution in [0.15, 0.2) is 40.8 Å². The third kappa shape index (κ3) is 3.97. The summed E-state index contributed by atoms with van der Waals surface area (Å²) in [6.45, 7) is 0.611. The second kappa shape index (κ2) is 7.92. The highest BCUT2D eigenvalue weighted by Crippen LogP contribution is 2.27. The number of para-hydroxylation sites is 2. The lowest BCUT2D eigenvalue weighted by atomic mass is 10.2. The first-order valence-electron chi connectivity index (χ1n) is 8.06. The van der Waals surface area contributed by atoms with Gasteiger partial charge in [0, 0.05) is 6.54 Å². The molecular weight excluding hydrogens is 342 g/mol. The summed E-state index contributed by atoms with van der Waals surface area (Å²) >= 11 is 0. The SMILES string of the molecule is COc1ccccc1OCc1ccc(C(=O)N2CCO[C@@H](C(=O)O)C2)o1. The van der Waals surface area contributed by atoms with Gasteiger partial charge >= 0.3 is 5.97 Å². The Morgan fingerprint density at radius 1 is 1.23 bits per heavy atom. The van der Waals surface area contributed by atoms with E-state index in [0.717, 1.165) is 0 Å². The van der Waals surface area contributed by atoms with Gasteiger partial charge in [-0.3, -0.25) is 4.79 Å². The quantitative estimate of drug-likeness (QED) is 0.837. The van der Waals surface area contributed by atoms with Crippen LogP contribution in [0.1, 0.15) is 16.3 Å². The first-order chi connectivity index (χ1) is 12.6. The zero-order valence-corrected chi connectivity index (χ0v) is 14.2. The largest absolute Gasteiger partial charge is 0.493 e. The normalized spacial score (nSPS) is 17.0. The smallest absolute Gasteiger partial charge is 0.334 e. The first kappa shape index (κ1) is 17.8. The van der Waals surface area contributed by atoms with Gasteiger partial charge in [-0.05, 0) is 24.3 Å². The van der Waals surface area contributed by atoms with Crippen LogP contribution >= 0.6 is 0 Å². The Labute approximate surface area is 149 Å². The van der Waals surface area contributed by atoms with Crippen molar-refractivity contribution in [3.05, 3.63) is 47.9 Å². The highest BCUT2D eigenvalue weighted by molar-refractivity contribution is 5.92. The molecule has 0 aliphatic carbocycles. The van der Waals surface area contributed by atoms with E-state index in [2.05, 4.69) is 0 Å². The second-order valence-electron chi connectivity index (χ2n) is 5.65. The van der Waals surface area contributed by atoms with Gasteiger partial charge in [0.2, 0.25) is 0 Å². The van der Waals surface area contributed by atoms with Crippen LogP contribution < -0.4 is 9.47 Å². The number of hydrogen-bond acceptors (Lipinski definition) is 6. The van der Waals surface area contributed by atoms with Crippen LogP contribution in [0, 0.1) is 0 Å². The molecule has 26 heavy (non-hydrogen) atoms. The Kier molecular flexibility index (Phi) is 5.43. The van der Waals surface area contributed by atoms with Crippen molar-refractivity contribution in [2.75, 3.05) is 26.8 Å². The van der Waals surface area contributed by atoms with Gasteiger partial charge in [-0.15, -0.1) is 0 Å². The average Bonchev–Trinajstić information content (AvgIpc) is 3.15. The van der Waals surface area contributed by atoms with Gasteiger partial charge < -0.3 is 28.6 Å². The van der Waals surface area contributed by atoms with Crippen LogP contribution in [0.4, 0.5) is 0 Å². The molecule has 138 valence electrons. The molecule has 2 aromatic rings. The Hall–Kier alpha value is -3.00. The number of carbonyl (C=O) groups is 2. The molecule has 0 radical (unpaired) electrons. The van der Waals surface area contributed by atoms with Gasteiger partial charge in [0.25, 0.3) is 5.91 Å². The summed E-state index contributed by atoms with van der Waals surface area (Å²) in [7, 11) is 1.55. The summed E-state index contributed by atoms with van der Waals surface area (Å²) < 4.78 is 21.5. The molecule has 8 nitrogen and oxygen atoms in total. The number of aliphatic carboxylic acids is 1. The molecule has 1 aliphatic rings. The lowest BCUT2D eigenvalue weighted by Gasteiger charge is -2.30. The fourth-order valence-corrected chi connectivity index (χ4v) is 2.60. The number of nitrogens with zero attached hydrogens (tertiary/aromatic N) is 1. The number of carboxylic acid groups (broad SMARTS) is 1. The number of ether oxygens (including phenoxy) is 3. The van der Waals surface area contributed by atoms with E-state index in [1.54, 1.807) is 31.4 Å². The lowest BCUT2D eigenvalue weighted by Crippen LogP contribution is -2.48. The number of amides is 1. The summed E-state index contributed by atoms with van der Waals surface area (Å²) in [6, 6.07) is 10.4. The van der Waals surface area contributed by atoms with Gasteiger partial charge in [0.1, 0.15) is 12.4 Å². The molecule has 1 aliphatic heterocycles. The standard InChI is InChI=1S/C18H19NO7/c1-23-13-4-2-3-5-14(13)25-11-12-6-7-15(26-12)17(20)19-8-9-24-16(10-19)18(21)22/h2-7,16H,8-11H2,1H3,(H,21,22)/t16-/m1/s1. The molecule has 2 heterocycles. The molecule has 8 heteroatoms. The predicted molar refractivity (Wildman–Crippen MR) is 89.3 cm³/mol. The van der Waals surface area contributed by atoms with E-state index >= 15 is 0 Å². The highest BCUT2D eigenvalue weighted by atomic mass is 16.5. The summed E-state index contributed by atoms with van der Waals surface area (Å²) in [4.78, 5) is 24.9. The van der Waals surface area contributed by atoms with Crippen molar-refractivity contribution < 1.29 is 33.3 Å². The van der Waals surface area contributed by atoms with Crippen molar-refractivity contribution in [2.45, 2.75) is 12.7 Å². The van der Waals surface area contributed by atoms with Crippen molar-refractivity contribution in [3.63, 3.8) is 0 Å². The Morgan fingerprint density at radius 2 is 2.00 bits per heavy atom. The van der Waals surface area contributed by atoms with Crippen molar-refractivity contribution >= 4 is 11.9 Å². The maximum atomic E-state index is 12.5. The minimum absolute atomic E-state index is 0.0120. The van der Waals surface area contributed by atoms with E-state index in [9.17, 15) is 9.59 Å². The van der Waals surface area contributed by atoms with Crippen molar-refractivity contribution in [1.29, 1.82) is 0 Å². The molecule has 1 aromatic carbocycles. The van der Waals surface area contributed by atoms with Crippen LogP contribution in [0.3, 0.4) is 0 Å². The Bertz CT molecular complexity index is 785. The third-order valence-corrected chi connectivity index (χ3v) is 3.94. The average molecular weight is 361 g/mol. The summed E-state index contributed by atoms with van der Waals surface area (Å²) in [5, 5.41) is 9.02. The molecule has 0 spiro atoms. The first-order valence-corrected chi connectivity index (χ1v) is 8.06. The second-order valence-corrected chi connectivity index (χ2v) is 5.65. The van der Waals surface area contributed by atoms with Gasteiger partial charge in [-0.2, -0.15) is 0 Å². The van der Waals surface area contributed by atoms with Crippen LogP contribution in [0.2, 0.25) is 0 Å². The molecular formula is C18H19NO7. The van der Waals surface area contributed by atoms with Gasteiger partial charge in [-0.1, -0.05) is 12.1 Å². The molecule has 0 unspecified atom stereocenters. The zero-order valence-electron chi connectivity index (χ0n) is 14.2. The van der Waals surface area contributed by atoms with E-state index in [4.69, 9.17) is 23.7 Å².